The van der Waals surface area contributed by atoms with E-state index >= 15 is 0 Å². The molecule has 4 fully saturated rings. The molecule has 31 heavy (non-hydrogen) atoms. The zero-order valence-electron chi connectivity index (χ0n) is 22.2. The van der Waals surface area contributed by atoms with Crippen LogP contribution in [0, 0.1) is 40.4 Å². The van der Waals surface area contributed by atoms with Gasteiger partial charge in [-0.15, -0.1) is 0 Å². The maximum atomic E-state index is 7.07. The van der Waals surface area contributed by atoms with Crippen LogP contribution in [0.4, 0.5) is 0 Å². The Morgan fingerprint density at radius 3 is 1.94 bits per heavy atom. The van der Waals surface area contributed by atoms with Gasteiger partial charge in [-0.3, -0.25) is 0 Å². The maximum absolute atomic E-state index is 7.07. The molecule has 0 amide bonds. The third-order valence-corrected chi connectivity index (χ3v) is 12.4. The van der Waals surface area contributed by atoms with Crippen LogP contribution < -0.4 is 0 Å². The Balaban J connectivity index is 1.64. The van der Waals surface area contributed by atoms with E-state index in [1.807, 2.05) is 0 Å². The predicted molar refractivity (Wildman–Crippen MR) is 137 cm³/mol. The summed E-state index contributed by atoms with van der Waals surface area (Å²) in [5.74, 6) is 4.41. The van der Waals surface area contributed by atoms with Crippen LogP contribution in [-0.4, -0.2) is 28.8 Å². The summed E-state index contributed by atoms with van der Waals surface area (Å²) >= 11 is 0. The third-order valence-electron chi connectivity index (χ3n) is 10.3. The highest BCUT2D eigenvalue weighted by atomic mass is 28.4. The van der Waals surface area contributed by atoms with Gasteiger partial charge in [0.05, 0.1) is 0 Å². The molecule has 0 heterocycles. The topological polar surface area (TPSA) is 18.5 Å². The Labute approximate surface area is 195 Å². The van der Waals surface area contributed by atoms with Crippen molar-refractivity contribution in [3.05, 3.63) is 0 Å². The monoisotopic (exact) mass is 464 g/mol. The van der Waals surface area contributed by atoms with E-state index in [1.54, 1.807) is 0 Å². The lowest BCUT2D eigenvalue weighted by Gasteiger charge is -2.63. The largest absolute Gasteiger partial charge is 0.415 e. The average Bonchev–Trinajstić information content (AvgIpc) is 2.97. The van der Waals surface area contributed by atoms with Crippen molar-refractivity contribution in [3.8, 4) is 0 Å². The van der Waals surface area contributed by atoms with Gasteiger partial charge in [0.1, 0.15) is 0 Å². The molecule has 0 bridgehead atoms. The Bertz CT molecular complexity index is 653. The van der Waals surface area contributed by atoms with Gasteiger partial charge in [-0.25, -0.2) is 0 Å². The van der Waals surface area contributed by atoms with E-state index in [1.165, 1.54) is 57.8 Å². The standard InChI is InChI=1S/C27H52O2Si2/c1-10-19-11-12-22-21-18-25(29-31(7,8)9)24-17-20(28-30(4,5)6)13-15-27(24,3)23(21)14-16-26(19,22)2/h19-25H,10-18H2,1-9H3. The number of fused-ring (bicyclic) bond motifs is 5. The quantitative estimate of drug-likeness (QED) is 0.382. The molecule has 0 spiro atoms. The number of rotatable bonds is 5. The van der Waals surface area contributed by atoms with Gasteiger partial charge < -0.3 is 8.85 Å². The Morgan fingerprint density at radius 2 is 1.32 bits per heavy atom. The van der Waals surface area contributed by atoms with E-state index in [4.69, 9.17) is 8.85 Å². The Morgan fingerprint density at radius 1 is 0.710 bits per heavy atom. The Hall–Kier alpha value is 0.354. The molecule has 4 rings (SSSR count). The first kappa shape index (κ1) is 24.5. The average molecular weight is 465 g/mol. The van der Waals surface area contributed by atoms with Crippen molar-refractivity contribution in [2.24, 2.45) is 40.4 Å². The molecular formula is C27H52O2Si2. The van der Waals surface area contributed by atoms with Gasteiger partial charge in [-0.2, -0.15) is 0 Å². The Kier molecular flexibility index (Phi) is 6.50. The molecule has 4 saturated carbocycles. The van der Waals surface area contributed by atoms with Crippen molar-refractivity contribution >= 4 is 16.6 Å². The lowest BCUT2D eigenvalue weighted by Crippen LogP contribution is -2.60. The van der Waals surface area contributed by atoms with Crippen LogP contribution >= 0.6 is 0 Å². The number of hydrogen-bond acceptors (Lipinski definition) is 2. The van der Waals surface area contributed by atoms with Crippen LogP contribution in [0.1, 0.15) is 78.6 Å². The summed E-state index contributed by atoms with van der Waals surface area (Å²) in [6.45, 7) is 22.1. The van der Waals surface area contributed by atoms with Crippen molar-refractivity contribution in [1.82, 2.24) is 0 Å². The lowest BCUT2D eigenvalue weighted by atomic mass is 9.44. The van der Waals surface area contributed by atoms with E-state index in [0.717, 1.165) is 23.7 Å². The summed E-state index contributed by atoms with van der Waals surface area (Å²) < 4.78 is 13.8. The molecule has 0 aromatic rings. The fourth-order valence-electron chi connectivity index (χ4n) is 9.20. The van der Waals surface area contributed by atoms with E-state index in [2.05, 4.69) is 60.1 Å². The fourth-order valence-corrected chi connectivity index (χ4v) is 11.6. The predicted octanol–water partition coefficient (Wildman–Crippen LogP) is 8.11. The van der Waals surface area contributed by atoms with Crippen LogP contribution in [0.25, 0.3) is 0 Å². The zero-order valence-corrected chi connectivity index (χ0v) is 24.2. The molecule has 180 valence electrons. The molecule has 0 saturated heterocycles. The summed E-state index contributed by atoms with van der Waals surface area (Å²) in [6.07, 6.45) is 13.5. The van der Waals surface area contributed by atoms with Crippen molar-refractivity contribution in [3.63, 3.8) is 0 Å². The lowest BCUT2D eigenvalue weighted by molar-refractivity contribution is -0.165. The molecule has 0 aliphatic heterocycles. The van der Waals surface area contributed by atoms with Crippen LogP contribution in [-0.2, 0) is 8.85 Å². The minimum absolute atomic E-state index is 0.457. The molecule has 0 N–H and O–H groups in total. The highest BCUT2D eigenvalue weighted by Gasteiger charge is 2.62. The van der Waals surface area contributed by atoms with Crippen molar-refractivity contribution in [2.45, 2.75) is 130 Å². The van der Waals surface area contributed by atoms with Gasteiger partial charge in [-0.1, -0.05) is 27.2 Å². The molecule has 4 heteroatoms. The van der Waals surface area contributed by atoms with E-state index in [0.29, 0.717) is 29.0 Å². The highest BCUT2D eigenvalue weighted by Crippen LogP contribution is 2.68. The molecule has 2 nitrogen and oxygen atoms in total. The van der Waals surface area contributed by atoms with E-state index < -0.39 is 16.6 Å². The minimum Gasteiger partial charge on any atom is -0.415 e. The van der Waals surface area contributed by atoms with Crippen LogP contribution in [0.2, 0.25) is 39.3 Å². The molecule has 4 aliphatic rings. The summed E-state index contributed by atoms with van der Waals surface area (Å²) in [4.78, 5) is 0. The molecule has 9 unspecified atom stereocenters. The normalized spacial score (nSPS) is 48.1. The first-order valence-electron chi connectivity index (χ1n) is 13.6. The van der Waals surface area contributed by atoms with E-state index in [9.17, 15) is 0 Å². The van der Waals surface area contributed by atoms with Crippen LogP contribution in [0.15, 0.2) is 0 Å². The van der Waals surface area contributed by atoms with Crippen molar-refractivity contribution < 1.29 is 8.85 Å². The molecule has 4 aliphatic carbocycles. The summed E-state index contributed by atoms with van der Waals surface area (Å²) in [6, 6.07) is 0. The van der Waals surface area contributed by atoms with Gasteiger partial charge in [0.2, 0.25) is 0 Å². The van der Waals surface area contributed by atoms with Crippen LogP contribution in [0.5, 0.6) is 0 Å². The van der Waals surface area contributed by atoms with Gasteiger partial charge in [-0.05, 0) is 131 Å². The molecule has 0 aromatic heterocycles. The molecule has 9 atom stereocenters. The van der Waals surface area contributed by atoms with E-state index in [-0.39, 0.29) is 0 Å². The van der Waals surface area contributed by atoms with Crippen molar-refractivity contribution in [2.75, 3.05) is 0 Å². The maximum Gasteiger partial charge on any atom is 0.184 e. The first-order valence-corrected chi connectivity index (χ1v) is 20.4. The third kappa shape index (κ3) is 4.54. The second kappa shape index (κ2) is 8.24. The smallest absolute Gasteiger partial charge is 0.184 e. The molecular weight excluding hydrogens is 412 g/mol. The number of hydrogen-bond donors (Lipinski definition) is 0. The SMILES string of the molecule is CCC1CCC2C3CC(O[Si](C)(C)C)C4CC(O[Si](C)(C)C)CCC4(C)C3CCC12C. The second-order valence-electron chi connectivity index (χ2n) is 14.3. The summed E-state index contributed by atoms with van der Waals surface area (Å²) in [5, 5.41) is 0. The fraction of sp³-hybridized carbons (Fsp3) is 1.00. The molecule has 0 radical (unpaired) electrons. The summed E-state index contributed by atoms with van der Waals surface area (Å²) in [7, 11) is -3.08. The minimum atomic E-state index is -1.58. The van der Waals surface area contributed by atoms with Gasteiger partial charge in [0.25, 0.3) is 0 Å². The zero-order chi connectivity index (χ0) is 22.8. The van der Waals surface area contributed by atoms with Crippen molar-refractivity contribution in [1.29, 1.82) is 0 Å². The van der Waals surface area contributed by atoms with Crippen LogP contribution in [0.3, 0.4) is 0 Å². The second-order valence-corrected chi connectivity index (χ2v) is 23.3. The summed E-state index contributed by atoms with van der Waals surface area (Å²) in [5.41, 5.74) is 1.05. The highest BCUT2D eigenvalue weighted by molar-refractivity contribution is 6.70. The van der Waals surface area contributed by atoms with Gasteiger partial charge >= 0.3 is 0 Å². The first-order chi connectivity index (χ1) is 14.3. The van der Waals surface area contributed by atoms with Gasteiger partial charge in [0, 0.05) is 12.2 Å². The van der Waals surface area contributed by atoms with Gasteiger partial charge in [0.15, 0.2) is 16.6 Å². The molecule has 0 aromatic carbocycles.